The number of methoxy groups -OCH3 is 2. The third kappa shape index (κ3) is 23.1. The van der Waals surface area contributed by atoms with Crippen molar-refractivity contribution in [3.8, 4) is 56.0 Å². The minimum Gasteiger partial charge on any atom is -0.497 e. The summed E-state index contributed by atoms with van der Waals surface area (Å²) in [5, 5.41) is 16.7. The Bertz CT molecular complexity index is 7870. The lowest BCUT2D eigenvalue weighted by Crippen LogP contribution is -2.45. The number of halogens is 3. The van der Waals surface area contributed by atoms with Gasteiger partial charge < -0.3 is 65.5 Å². The smallest absolute Gasteiger partial charge is 0.254 e. The number of nitrogens with one attached hydrogen (secondary N) is 6. The third-order valence-electron chi connectivity index (χ3n) is 27.1. The van der Waals surface area contributed by atoms with E-state index in [9.17, 15) is 47.9 Å². The minimum absolute atomic E-state index is 0. The van der Waals surface area contributed by atoms with Crippen molar-refractivity contribution in [2.24, 2.45) is 4.99 Å². The Balaban J connectivity index is 0.000000128. The first kappa shape index (κ1) is 104. The van der Waals surface area contributed by atoms with E-state index < -0.39 is 30.2 Å². The van der Waals surface area contributed by atoms with Crippen LogP contribution in [0.5, 0.6) is 11.5 Å². The number of carbonyl (C=O) groups is 10. The van der Waals surface area contributed by atoms with Gasteiger partial charge in [0.25, 0.3) is 29.5 Å². The molecule has 0 saturated heterocycles. The number of pyridine rings is 4. The lowest BCUT2D eigenvalue weighted by atomic mass is 9.97. The molecule has 10 aromatic carbocycles. The normalized spacial score (nSPS) is 16.7. The molecule has 150 heavy (non-hydrogen) atoms. The van der Waals surface area contributed by atoms with Crippen molar-refractivity contribution in [2.75, 3.05) is 80.5 Å². The van der Waals surface area contributed by atoms with Crippen LogP contribution >= 0.6 is 34.8 Å². The Morgan fingerprint density at radius 2 is 0.653 bits per heavy atom. The van der Waals surface area contributed by atoms with Gasteiger partial charge in [-0.2, -0.15) is 0 Å². The second kappa shape index (κ2) is 45.7. The number of aromatic nitrogens is 5. The highest BCUT2D eigenvalue weighted by molar-refractivity contribution is 6.32. The number of amides is 10. The first-order valence-electron chi connectivity index (χ1n) is 48.2. The van der Waals surface area contributed by atoms with Crippen LogP contribution in [0.3, 0.4) is 0 Å². The van der Waals surface area contributed by atoms with Crippen LogP contribution in [-0.4, -0.2) is 176 Å². The molecule has 6 aliphatic heterocycles. The van der Waals surface area contributed by atoms with E-state index in [1.54, 1.807) is 159 Å². The Labute approximate surface area is 882 Å². The molecule has 1 aliphatic carbocycles. The van der Waals surface area contributed by atoms with Crippen LogP contribution in [0.2, 0.25) is 15.1 Å². The maximum absolute atomic E-state index is 13.1. The molecule has 5 atom stereocenters. The van der Waals surface area contributed by atoms with E-state index in [1.807, 2.05) is 184 Å². The molecule has 22 rings (SSSR count). The quantitative estimate of drug-likeness (QED) is 0.0493. The van der Waals surface area contributed by atoms with E-state index in [4.69, 9.17) is 44.3 Å². The molecule has 11 heterocycles. The average molecular weight is 2060 g/mol. The number of fused-ring (bicyclic) bond motifs is 7. The lowest BCUT2D eigenvalue weighted by Gasteiger charge is -2.21. The van der Waals surface area contributed by atoms with Crippen LogP contribution in [-0.2, 0) is 62.5 Å². The summed E-state index contributed by atoms with van der Waals surface area (Å²) >= 11 is 18.1. The molecule has 756 valence electrons. The number of aliphatic imine (C=N–C) groups is 1. The molecule has 6 N–H and O–H groups in total. The third-order valence-corrected chi connectivity index (χ3v) is 27.8. The van der Waals surface area contributed by atoms with Crippen molar-refractivity contribution in [3.05, 3.63) is 397 Å². The van der Waals surface area contributed by atoms with Crippen LogP contribution in [0.4, 0.5) is 28.4 Å². The summed E-state index contributed by atoms with van der Waals surface area (Å²) in [6.07, 6.45) is 20.2. The van der Waals surface area contributed by atoms with Crippen molar-refractivity contribution in [3.63, 3.8) is 0 Å². The van der Waals surface area contributed by atoms with Gasteiger partial charge in [-0.1, -0.05) is 182 Å². The monoisotopic (exact) mass is 2060 g/mol. The molecule has 0 spiro atoms. The van der Waals surface area contributed by atoms with E-state index in [-0.39, 0.29) is 66.5 Å². The Morgan fingerprint density at radius 1 is 0.333 bits per heavy atom. The molecular weight excluding hydrogens is 1950 g/mol. The van der Waals surface area contributed by atoms with Gasteiger partial charge in [0, 0.05) is 148 Å². The molecule has 0 fully saturated rings. The summed E-state index contributed by atoms with van der Waals surface area (Å²) in [5.74, 6) is -1.09. The number of allylic oxidation sites excluding steroid dienone is 2. The van der Waals surface area contributed by atoms with E-state index in [0.29, 0.717) is 115 Å². The van der Waals surface area contributed by atoms with Gasteiger partial charge in [0.2, 0.25) is 29.5 Å². The molecule has 7 aliphatic rings. The van der Waals surface area contributed by atoms with Crippen LogP contribution in [0.25, 0.3) is 67.2 Å². The zero-order chi connectivity index (χ0) is 105. The summed E-state index contributed by atoms with van der Waals surface area (Å²) in [5.41, 5.74) is 25.7. The van der Waals surface area contributed by atoms with Gasteiger partial charge in [-0.25, -0.2) is 4.98 Å². The van der Waals surface area contributed by atoms with Gasteiger partial charge in [0.15, 0.2) is 0 Å². The summed E-state index contributed by atoms with van der Waals surface area (Å²) in [6, 6.07) is 76.2. The number of aromatic amines is 1. The molecule has 10 amide bonds. The average Bonchev–Trinajstić information content (AvgIpc) is 1.75. The molecule has 0 bridgehead atoms. The molecule has 5 aromatic heterocycles. The van der Waals surface area contributed by atoms with Gasteiger partial charge in [-0.3, -0.25) is 67.9 Å². The number of benzene rings is 10. The maximum atomic E-state index is 13.1. The van der Waals surface area contributed by atoms with Crippen molar-refractivity contribution >= 4 is 151 Å². The number of nitrogens with zero attached hydrogens (tertiary/aromatic N) is 10. The van der Waals surface area contributed by atoms with Gasteiger partial charge in [0.05, 0.1) is 82.7 Å². The van der Waals surface area contributed by atoms with Gasteiger partial charge >= 0.3 is 0 Å². The van der Waals surface area contributed by atoms with E-state index in [0.717, 1.165) is 125 Å². The predicted octanol–water partition coefficient (Wildman–Crippen LogP) is 19.0. The SMILES string of the molecule is C.CN1C(=O)C(Cc2ccc(-c3ccnc4c3C=CC4)cc2)NC(=O)c2cc(Cl)ccc21.CN1C(=O)C(Cc2ccc(C3=CCN=C3)cc2)NC(=O)c2cc(Cl)ccc21.COc1ccc2c(c1)C(=O)NC(Cc1ccc(-c3ccnc(C)c3)cc1)C(=O)N2C.COc1ccc2c(c1)C(=O)NC(Cc1ccc(-c3ccnc4[nH]ccc34)cc1)C(=O)N2C.Cc1cc(-c2ccc(CC3NC(=O)c4cc(Cl)ccc4N(C)C3=O)cc2)ccn1. The fraction of sp³-hybridized carbons (Fsp3) is 0.185. The van der Waals surface area contributed by atoms with Crippen LogP contribution in [0, 0.1) is 13.8 Å². The highest BCUT2D eigenvalue weighted by Crippen LogP contribution is 2.38. The minimum atomic E-state index is -0.658. The van der Waals surface area contributed by atoms with Crippen molar-refractivity contribution in [2.45, 2.75) is 90.0 Å². The number of hydrogen-bond donors (Lipinski definition) is 6. The largest absolute Gasteiger partial charge is 0.497 e. The predicted molar refractivity (Wildman–Crippen MR) is 589 cm³/mol. The standard InChI is InChI=1S/C25H20ClN3O2.C25H22N4O3.C24H23N3O3.C23H20ClN3O2.C21H18ClN3O2.CH4/c1-29-23-10-9-17(26)14-20(23)24(30)28-22(25(29)31)13-15-5-7-16(8-6-15)18-11-12-27-21-4-2-3-19(18)21;1-29-22-8-7-17(32-2)14-20(22)24(30)28-21(25(29)31)13-15-3-5-16(6-4-15)18-9-11-26-23-19(18)10-12-27-23;1-15-12-18(10-11-25-15)17-6-4-16(5-7-17)13-21-24(29)27(2)22-9-8-19(30-3)14-20(22)23(28)26-21;1-14-11-17(9-10-25-14)16-5-3-15(4-6-16)12-20-23(29)27(2)21-8-7-18(24)13-19(21)22(28)26-20;1-25-19-7-6-16(22)11-17(19)20(26)24-18(21(25)27)10-13-2-4-14(5-3-13)15-8-9-23-12-15;/h2-3,5-12,14,22H,4,13H2,1H3,(H,28,30);3-12,14,21H,13H2,1-2H3,(H,26,27)(H,28,30);4-12,14,21H,13H2,1-3H3,(H,26,28);3-11,13,20H,12H2,1-2H3,(H,26,28);2-8,11-12,18H,9-10H2,1H3,(H,24,26);1H4. The van der Waals surface area contributed by atoms with Crippen molar-refractivity contribution in [1.29, 1.82) is 0 Å². The zero-order valence-electron chi connectivity index (χ0n) is 82.8. The van der Waals surface area contributed by atoms with Crippen LogP contribution in [0.1, 0.15) is 115 Å². The van der Waals surface area contributed by atoms with E-state index in [1.165, 1.54) is 30.1 Å². The summed E-state index contributed by atoms with van der Waals surface area (Å²) in [6.45, 7) is 4.64. The molecule has 0 radical (unpaired) electrons. The molecule has 28 nitrogen and oxygen atoms in total. The molecule has 5 unspecified atom stereocenters. The number of rotatable bonds is 17. The van der Waals surface area contributed by atoms with Crippen LogP contribution < -0.4 is 60.6 Å². The first-order valence-corrected chi connectivity index (χ1v) is 49.4. The molecular formula is C119H107Cl3N16O12. The Morgan fingerprint density at radius 3 is 1.00 bits per heavy atom. The van der Waals surface area contributed by atoms with Gasteiger partial charge in [-0.15, -0.1) is 0 Å². The fourth-order valence-electron chi connectivity index (χ4n) is 19.1. The van der Waals surface area contributed by atoms with Crippen molar-refractivity contribution in [1.82, 2.24) is 51.5 Å². The van der Waals surface area contributed by atoms with Gasteiger partial charge in [-0.05, 0) is 231 Å². The van der Waals surface area contributed by atoms with Crippen LogP contribution in [0.15, 0.2) is 303 Å². The lowest BCUT2D eigenvalue weighted by molar-refractivity contribution is -0.120. The number of aryl methyl sites for hydroxylation is 2. The highest BCUT2D eigenvalue weighted by Gasteiger charge is 2.39. The number of likely N-dealkylation sites (N-methyl/N-ethyl adjacent to an activating group) is 5. The Hall–Kier alpha value is -17.3. The molecule has 31 heteroatoms. The summed E-state index contributed by atoms with van der Waals surface area (Å²) in [7, 11) is 11.5. The van der Waals surface area contributed by atoms with E-state index in [2.05, 4.69) is 86.9 Å². The number of carbonyl (C=O) groups excluding carboxylic acids is 10. The van der Waals surface area contributed by atoms with Gasteiger partial charge in [0.1, 0.15) is 47.4 Å². The molecule has 15 aromatic rings. The van der Waals surface area contributed by atoms with E-state index >= 15 is 0 Å². The topological polar surface area (TPSA) is 345 Å². The zero-order valence-corrected chi connectivity index (χ0v) is 85.1. The number of ether oxygens (including phenoxy) is 2. The number of hydrogen-bond acceptors (Lipinski definition) is 17. The fourth-order valence-corrected chi connectivity index (χ4v) is 19.6. The maximum Gasteiger partial charge on any atom is 0.254 e. The molecule has 0 saturated carbocycles. The number of anilines is 5. The summed E-state index contributed by atoms with van der Waals surface area (Å²) in [4.78, 5) is 161. The second-order valence-corrected chi connectivity index (χ2v) is 38.1. The second-order valence-electron chi connectivity index (χ2n) is 36.8. The first-order chi connectivity index (χ1) is 72.0. The summed E-state index contributed by atoms with van der Waals surface area (Å²) < 4.78 is 10.5. The number of H-pyrrole nitrogens is 1. The Kier molecular flexibility index (Phi) is 31.7. The highest BCUT2D eigenvalue weighted by atomic mass is 35.5. The van der Waals surface area contributed by atoms with Crippen molar-refractivity contribution < 1.29 is 57.4 Å².